The zero-order valence-corrected chi connectivity index (χ0v) is 22.1. The van der Waals surface area contributed by atoms with E-state index in [1.165, 1.54) is 7.11 Å². The van der Waals surface area contributed by atoms with Crippen molar-refractivity contribution in [3.8, 4) is 17.2 Å². The van der Waals surface area contributed by atoms with Gasteiger partial charge in [-0.2, -0.15) is 4.31 Å². The molecule has 192 valence electrons. The number of carbonyl (C=O) groups is 1. The normalized spacial score (nSPS) is 14.3. The van der Waals surface area contributed by atoms with Crippen LogP contribution in [0, 0.1) is 20.8 Å². The molecular weight excluding hydrogens is 472 g/mol. The standard InChI is InChI=1S/C25H34N2O7S/c1-15-10-21(31-7)16(2)17(3)23(15)35(29,30)27(19(24(26)28)13-34-25(4,5)6)12-18-8-9-20-22(11-18)33-14-32-20/h8-11,19H,12-14H2,1-7H3,(H2,26,28)/t19-/m1/s1. The molecule has 2 aromatic rings. The van der Waals surface area contributed by atoms with Crippen molar-refractivity contribution in [1.29, 1.82) is 0 Å². The van der Waals surface area contributed by atoms with Crippen molar-refractivity contribution in [3.63, 3.8) is 0 Å². The van der Waals surface area contributed by atoms with E-state index in [0.29, 0.717) is 39.5 Å². The Bertz CT molecular complexity index is 1220. The summed E-state index contributed by atoms with van der Waals surface area (Å²) in [6, 6.07) is 5.58. The number of carbonyl (C=O) groups excluding carboxylic acids is 1. The molecule has 0 radical (unpaired) electrons. The van der Waals surface area contributed by atoms with E-state index in [2.05, 4.69) is 0 Å². The molecule has 2 N–H and O–H groups in total. The lowest BCUT2D eigenvalue weighted by Crippen LogP contribution is -2.51. The fourth-order valence-corrected chi connectivity index (χ4v) is 6.02. The van der Waals surface area contributed by atoms with E-state index in [9.17, 15) is 13.2 Å². The van der Waals surface area contributed by atoms with E-state index >= 15 is 0 Å². The summed E-state index contributed by atoms with van der Waals surface area (Å²) in [6.45, 7) is 10.5. The second kappa shape index (κ2) is 10.0. The molecule has 0 fully saturated rings. The van der Waals surface area contributed by atoms with Crippen molar-refractivity contribution in [2.45, 2.75) is 64.6 Å². The molecule has 0 unspecified atom stereocenters. The summed E-state index contributed by atoms with van der Waals surface area (Å²) in [6.07, 6.45) is 0. The lowest BCUT2D eigenvalue weighted by molar-refractivity contribution is -0.125. The Labute approximate surface area is 207 Å². The first-order valence-electron chi connectivity index (χ1n) is 11.2. The number of aryl methyl sites for hydroxylation is 1. The number of methoxy groups -OCH3 is 1. The van der Waals surface area contributed by atoms with Crippen LogP contribution in [0.3, 0.4) is 0 Å². The van der Waals surface area contributed by atoms with Gasteiger partial charge in [-0.05, 0) is 82.0 Å². The molecule has 35 heavy (non-hydrogen) atoms. The summed E-state index contributed by atoms with van der Waals surface area (Å²) in [5.41, 5.74) is 7.49. The number of ether oxygens (including phenoxy) is 4. The molecule has 1 aliphatic heterocycles. The Kier molecular flexibility index (Phi) is 7.68. The molecule has 1 aliphatic rings. The Morgan fingerprint density at radius 3 is 2.37 bits per heavy atom. The molecule has 2 aromatic carbocycles. The molecule has 0 aliphatic carbocycles. The van der Waals surface area contributed by atoms with E-state index in [0.717, 1.165) is 4.31 Å². The van der Waals surface area contributed by atoms with Crippen molar-refractivity contribution < 1.29 is 32.2 Å². The van der Waals surface area contributed by atoms with Crippen LogP contribution in [0.5, 0.6) is 17.2 Å². The molecule has 1 amide bonds. The number of primary amides is 1. The summed E-state index contributed by atoms with van der Waals surface area (Å²) in [7, 11) is -2.67. The fourth-order valence-electron chi connectivity index (χ4n) is 3.97. The lowest BCUT2D eigenvalue weighted by atomic mass is 10.1. The minimum atomic E-state index is -4.21. The summed E-state index contributed by atoms with van der Waals surface area (Å²) < 4.78 is 51.6. The van der Waals surface area contributed by atoms with Gasteiger partial charge in [-0.25, -0.2) is 8.42 Å². The van der Waals surface area contributed by atoms with E-state index in [-0.39, 0.29) is 24.8 Å². The smallest absolute Gasteiger partial charge is 0.244 e. The number of amides is 1. The largest absolute Gasteiger partial charge is 0.496 e. The van der Waals surface area contributed by atoms with Crippen molar-refractivity contribution in [1.82, 2.24) is 4.31 Å². The van der Waals surface area contributed by atoms with Gasteiger partial charge in [-0.3, -0.25) is 4.79 Å². The van der Waals surface area contributed by atoms with Crippen LogP contribution in [-0.4, -0.2) is 50.8 Å². The van der Waals surface area contributed by atoms with Crippen molar-refractivity contribution >= 4 is 15.9 Å². The number of fused-ring (bicyclic) bond motifs is 1. The molecule has 0 saturated carbocycles. The van der Waals surface area contributed by atoms with E-state index in [4.69, 9.17) is 24.7 Å². The molecule has 0 bridgehead atoms. The van der Waals surface area contributed by atoms with Crippen LogP contribution in [0.1, 0.15) is 43.0 Å². The van der Waals surface area contributed by atoms with Crippen LogP contribution in [0.15, 0.2) is 29.2 Å². The van der Waals surface area contributed by atoms with Crippen LogP contribution in [0.25, 0.3) is 0 Å². The van der Waals surface area contributed by atoms with Crippen molar-refractivity contribution in [2.75, 3.05) is 20.5 Å². The van der Waals surface area contributed by atoms with E-state index in [1.807, 2.05) is 20.8 Å². The molecular formula is C25H34N2O7S. The first kappa shape index (κ1) is 26.8. The minimum absolute atomic E-state index is 0.0909. The predicted octanol–water partition coefficient (Wildman–Crippen LogP) is 3.21. The maximum atomic E-state index is 14.2. The number of hydrogen-bond acceptors (Lipinski definition) is 7. The Balaban J connectivity index is 2.14. The van der Waals surface area contributed by atoms with Gasteiger partial charge in [0.2, 0.25) is 22.7 Å². The molecule has 1 heterocycles. The molecule has 0 saturated heterocycles. The Hall–Kier alpha value is -2.82. The van der Waals surface area contributed by atoms with E-state index in [1.54, 1.807) is 45.0 Å². The number of hydrogen-bond donors (Lipinski definition) is 1. The van der Waals surface area contributed by atoms with Gasteiger partial charge in [0.25, 0.3) is 0 Å². The molecule has 1 atom stereocenters. The second-order valence-corrected chi connectivity index (χ2v) is 11.4. The van der Waals surface area contributed by atoms with Crippen LogP contribution < -0.4 is 19.9 Å². The van der Waals surface area contributed by atoms with Crippen LogP contribution >= 0.6 is 0 Å². The first-order valence-corrected chi connectivity index (χ1v) is 12.7. The van der Waals surface area contributed by atoms with Gasteiger partial charge in [0.1, 0.15) is 11.8 Å². The maximum Gasteiger partial charge on any atom is 0.244 e. The highest BCUT2D eigenvalue weighted by Crippen LogP contribution is 2.36. The highest BCUT2D eigenvalue weighted by atomic mass is 32.2. The average Bonchev–Trinajstić information content (AvgIpc) is 3.22. The number of rotatable bonds is 9. The van der Waals surface area contributed by atoms with Crippen LogP contribution in [0.4, 0.5) is 0 Å². The van der Waals surface area contributed by atoms with Crippen molar-refractivity contribution in [3.05, 3.63) is 46.5 Å². The molecule has 0 spiro atoms. The number of sulfonamides is 1. The Morgan fingerprint density at radius 2 is 1.77 bits per heavy atom. The molecule has 0 aromatic heterocycles. The third kappa shape index (κ3) is 5.71. The van der Waals surface area contributed by atoms with Gasteiger partial charge >= 0.3 is 0 Å². The highest BCUT2D eigenvalue weighted by molar-refractivity contribution is 7.89. The maximum absolute atomic E-state index is 14.2. The second-order valence-electron chi connectivity index (χ2n) is 9.55. The summed E-state index contributed by atoms with van der Waals surface area (Å²) in [5, 5.41) is 0. The SMILES string of the molecule is COc1cc(C)c(S(=O)(=O)N(Cc2ccc3c(c2)OCO3)[C@H](COC(C)(C)C)C(N)=O)c(C)c1C. The van der Waals surface area contributed by atoms with Gasteiger partial charge in [0.05, 0.1) is 24.2 Å². The molecule has 9 nitrogen and oxygen atoms in total. The minimum Gasteiger partial charge on any atom is -0.496 e. The topological polar surface area (TPSA) is 117 Å². The first-order chi connectivity index (χ1) is 16.3. The number of nitrogens with two attached hydrogens (primary N) is 1. The van der Waals surface area contributed by atoms with Crippen molar-refractivity contribution in [2.24, 2.45) is 5.73 Å². The van der Waals surface area contributed by atoms with Gasteiger partial charge in [-0.15, -0.1) is 0 Å². The highest BCUT2D eigenvalue weighted by Gasteiger charge is 2.38. The van der Waals surface area contributed by atoms with Gasteiger partial charge < -0.3 is 24.7 Å². The third-order valence-electron chi connectivity index (χ3n) is 5.89. The number of nitrogens with zero attached hydrogens (tertiary/aromatic N) is 1. The third-order valence-corrected chi connectivity index (χ3v) is 8.04. The average molecular weight is 507 g/mol. The molecule has 10 heteroatoms. The predicted molar refractivity (Wildman–Crippen MR) is 131 cm³/mol. The van der Waals surface area contributed by atoms with Gasteiger partial charge in [0.15, 0.2) is 11.5 Å². The molecule has 3 rings (SSSR count). The summed E-state index contributed by atoms with van der Waals surface area (Å²) >= 11 is 0. The summed E-state index contributed by atoms with van der Waals surface area (Å²) in [4.78, 5) is 12.7. The zero-order valence-electron chi connectivity index (χ0n) is 21.3. The lowest BCUT2D eigenvalue weighted by Gasteiger charge is -2.32. The fraction of sp³-hybridized carbons (Fsp3) is 0.480. The Morgan fingerprint density at radius 1 is 1.11 bits per heavy atom. The summed E-state index contributed by atoms with van der Waals surface area (Å²) in [5.74, 6) is 0.861. The van der Waals surface area contributed by atoms with E-state index < -0.39 is 27.6 Å². The van der Waals surface area contributed by atoms with Gasteiger partial charge in [-0.1, -0.05) is 6.07 Å². The van der Waals surface area contributed by atoms with Crippen LogP contribution in [-0.2, 0) is 26.1 Å². The quantitative estimate of drug-likeness (QED) is 0.555. The monoisotopic (exact) mass is 506 g/mol. The van der Waals surface area contributed by atoms with Crippen LogP contribution in [0.2, 0.25) is 0 Å². The zero-order chi connectivity index (χ0) is 26.1. The van der Waals surface area contributed by atoms with Gasteiger partial charge in [0, 0.05) is 6.54 Å². The number of benzene rings is 2.